The van der Waals surface area contributed by atoms with Crippen LogP contribution in [0.4, 0.5) is 5.13 Å². The number of thioether (sulfide) groups is 2. The molecule has 0 saturated carbocycles. The van der Waals surface area contributed by atoms with Crippen molar-refractivity contribution in [3.8, 4) is 0 Å². The highest BCUT2D eigenvalue weighted by Gasteiger charge is 2.22. The smallest absolute Gasteiger partial charge is 0.269 e. The fraction of sp³-hybridized carbons (Fsp3) is 0.714. The minimum absolute atomic E-state index is 0.0662. The summed E-state index contributed by atoms with van der Waals surface area (Å²) < 4.78 is 26.1. The maximum Gasteiger partial charge on any atom is 0.269 e. The van der Waals surface area contributed by atoms with E-state index in [1.165, 1.54) is 0 Å². The predicted molar refractivity (Wildman–Crippen MR) is 73.1 cm³/mol. The normalized spacial score (nSPS) is 21.5. The number of rotatable bonds is 4. The van der Waals surface area contributed by atoms with Gasteiger partial charge in [0.2, 0.25) is 9.47 Å². The Kier molecular flexibility index (Phi) is 4.53. The highest BCUT2D eigenvalue weighted by Crippen LogP contribution is 2.24. The van der Waals surface area contributed by atoms with E-state index in [9.17, 15) is 8.42 Å². The standard InChI is InChI=1S/C7H12N4O2S4/c8-6-10-11-7(16-6)17(12,13)9-3-5-4-14-1-2-15-5/h5,9H,1-4H2,(H2,8,10). The molecule has 1 unspecified atom stereocenters. The molecule has 1 aliphatic rings. The van der Waals surface area contributed by atoms with E-state index in [4.69, 9.17) is 5.73 Å². The average Bonchev–Trinajstić information content (AvgIpc) is 2.76. The average molecular weight is 312 g/mol. The van der Waals surface area contributed by atoms with Crippen molar-refractivity contribution >= 4 is 50.0 Å². The molecule has 0 radical (unpaired) electrons. The topological polar surface area (TPSA) is 98.0 Å². The van der Waals surface area contributed by atoms with Gasteiger partial charge in [-0.15, -0.1) is 10.2 Å². The Hall–Kier alpha value is -0.0300. The molecule has 0 aromatic carbocycles. The summed E-state index contributed by atoms with van der Waals surface area (Å²) in [6.07, 6.45) is 0. The van der Waals surface area contributed by atoms with Gasteiger partial charge < -0.3 is 5.73 Å². The molecule has 1 aliphatic heterocycles. The van der Waals surface area contributed by atoms with Gasteiger partial charge in [-0.2, -0.15) is 23.5 Å². The zero-order chi connectivity index (χ0) is 12.3. The minimum Gasteiger partial charge on any atom is -0.374 e. The van der Waals surface area contributed by atoms with E-state index in [0.29, 0.717) is 11.8 Å². The number of nitrogens with one attached hydrogen (secondary N) is 1. The van der Waals surface area contributed by atoms with Crippen LogP contribution >= 0.6 is 34.9 Å². The zero-order valence-corrected chi connectivity index (χ0v) is 12.1. The first-order valence-electron chi connectivity index (χ1n) is 4.86. The highest BCUT2D eigenvalue weighted by atomic mass is 32.2. The molecule has 0 amide bonds. The van der Waals surface area contributed by atoms with Crippen molar-refractivity contribution in [1.82, 2.24) is 14.9 Å². The molecule has 10 heteroatoms. The number of hydrogen-bond donors (Lipinski definition) is 2. The van der Waals surface area contributed by atoms with Gasteiger partial charge in [-0.25, -0.2) is 13.1 Å². The third-order valence-electron chi connectivity index (χ3n) is 2.04. The lowest BCUT2D eigenvalue weighted by Crippen LogP contribution is -2.33. The van der Waals surface area contributed by atoms with Gasteiger partial charge in [0.1, 0.15) is 0 Å². The molecule has 1 fully saturated rings. The number of anilines is 1. The number of hydrogen-bond acceptors (Lipinski definition) is 8. The monoisotopic (exact) mass is 312 g/mol. The van der Waals surface area contributed by atoms with Crippen molar-refractivity contribution in [3.63, 3.8) is 0 Å². The van der Waals surface area contributed by atoms with E-state index >= 15 is 0 Å². The highest BCUT2D eigenvalue weighted by molar-refractivity contribution is 8.06. The first-order chi connectivity index (χ1) is 8.08. The van der Waals surface area contributed by atoms with E-state index in [2.05, 4.69) is 14.9 Å². The van der Waals surface area contributed by atoms with Crippen molar-refractivity contribution < 1.29 is 8.42 Å². The van der Waals surface area contributed by atoms with Crippen molar-refractivity contribution in [2.45, 2.75) is 9.59 Å². The Morgan fingerprint density at radius 2 is 2.24 bits per heavy atom. The van der Waals surface area contributed by atoms with Crippen LogP contribution in [0.5, 0.6) is 0 Å². The van der Waals surface area contributed by atoms with Crippen LogP contribution in [0.1, 0.15) is 0 Å². The summed E-state index contributed by atoms with van der Waals surface area (Å²) in [4.78, 5) is 0. The third kappa shape index (κ3) is 3.71. The lowest BCUT2D eigenvalue weighted by atomic mass is 10.5. The summed E-state index contributed by atoms with van der Waals surface area (Å²) >= 11 is 4.53. The SMILES string of the molecule is Nc1nnc(S(=O)(=O)NCC2CSCCS2)s1. The first kappa shape index (κ1) is 13.4. The second-order valence-corrected chi connectivity index (χ2v) is 8.83. The molecule has 0 aliphatic carbocycles. The second-order valence-electron chi connectivity index (χ2n) is 3.33. The lowest BCUT2D eigenvalue weighted by molar-refractivity contribution is 0.579. The van der Waals surface area contributed by atoms with Gasteiger partial charge in [0, 0.05) is 29.1 Å². The third-order valence-corrected chi connectivity index (χ3v) is 7.43. The molecule has 96 valence electrons. The molecule has 1 aromatic rings. The van der Waals surface area contributed by atoms with Crippen LogP contribution in [-0.2, 0) is 10.0 Å². The van der Waals surface area contributed by atoms with Crippen molar-refractivity contribution in [1.29, 1.82) is 0 Å². The van der Waals surface area contributed by atoms with Crippen LogP contribution in [-0.4, -0.2) is 47.7 Å². The van der Waals surface area contributed by atoms with Crippen LogP contribution in [0.3, 0.4) is 0 Å². The van der Waals surface area contributed by atoms with Crippen LogP contribution < -0.4 is 10.5 Å². The molecule has 6 nitrogen and oxygen atoms in total. The fourth-order valence-corrected chi connectivity index (χ4v) is 5.87. The van der Waals surface area contributed by atoms with Gasteiger partial charge in [-0.1, -0.05) is 11.3 Å². The van der Waals surface area contributed by atoms with E-state index in [1.807, 2.05) is 11.8 Å². The van der Waals surface area contributed by atoms with E-state index in [-0.39, 0.29) is 9.47 Å². The molecule has 0 spiro atoms. The van der Waals surface area contributed by atoms with Crippen molar-refractivity contribution in [2.24, 2.45) is 0 Å². The second kappa shape index (κ2) is 5.74. The van der Waals surface area contributed by atoms with Crippen LogP contribution in [0.2, 0.25) is 0 Å². The summed E-state index contributed by atoms with van der Waals surface area (Å²) in [5.74, 6) is 3.19. The number of nitrogen functional groups attached to an aromatic ring is 1. The summed E-state index contributed by atoms with van der Waals surface area (Å²) in [5, 5.41) is 7.52. The van der Waals surface area contributed by atoms with E-state index in [0.717, 1.165) is 28.6 Å². The summed E-state index contributed by atoms with van der Waals surface area (Å²) in [6, 6.07) is 0. The number of aromatic nitrogens is 2. The Morgan fingerprint density at radius 3 is 2.82 bits per heavy atom. The van der Waals surface area contributed by atoms with E-state index in [1.54, 1.807) is 11.8 Å². The Labute approximate surface area is 112 Å². The van der Waals surface area contributed by atoms with Gasteiger partial charge in [0.05, 0.1) is 0 Å². The number of nitrogens with two attached hydrogens (primary N) is 1. The molecule has 3 N–H and O–H groups in total. The molecule has 1 atom stereocenters. The predicted octanol–water partition coefficient (Wildman–Crippen LogP) is 0.247. The van der Waals surface area contributed by atoms with Crippen molar-refractivity contribution in [3.05, 3.63) is 0 Å². The molecular formula is C7H12N4O2S4. The molecular weight excluding hydrogens is 300 g/mol. The summed E-state index contributed by atoms with van der Waals surface area (Å²) in [6.45, 7) is 0.430. The Balaban J connectivity index is 1.93. The molecule has 17 heavy (non-hydrogen) atoms. The first-order valence-corrected chi connectivity index (χ1v) is 9.36. The fourth-order valence-electron chi connectivity index (χ4n) is 1.25. The van der Waals surface area contributed by atoms with Crippen LogP contribution in [0.25, 0.3) is 0 Å². The maximum atomic E-state index is 11.8. The Morgan fingerprint density at radius 1 is 1.41 bits per heavy atom. The minimum atomic E-state index is -3.55. The molecule has 1 aromatic heterocycles. The quantitative estimate of drug-likeness (QED) is 0.822. The Bertz CT molecular complexity index is 468. The maximum absolute atomic E-state index is 11.8. The van der Waals surface area contributed by atoms with Crippen LogP contribution in [0, 0.1) is 0 Å². The molecule has 0 bridgehead atoms. The van der Waals surface area contributed by atoms with Crippen LogP contribution in [0.15, 0.2) is 4.34 Å². The van der Waals surface area contributed by atoms with Crippen molar-refractivity contribution in [2.75, 3.05) is 29.5 Å². The van der Waals surface area contributed by atoms with Gasteiger partial charge in [-0.05, 0) is 0 Å². The van der Waals surface area contributed by atoms with Gasteiger partial charge >= 0.3 is 0 Å². The van der Waals surface area contributed by atoms with Gasteiger partial charge in [0.25, 0.3) is 10.0 Å². The summed E-state index contributed by atoms with van der Waals surface area (Å²) in [7, 11) is -3.55. The number of sulfonamides is 1. The number of nitrogens with zero attached hydrogens (tertiary/aromatic N) is 2. The van der Waals surface area contributed by atoms with Gasteiger partial charge in [-0.3, -0.25) is 0 Å². The van der Waals surface area contributed by atoms with Gasteiger partial charge in [0.15, 0.2) is 0 Å². The zero-order valence-electron chi connectivity index (χ0n) is 8.83. The molecule has 1 saturated heterocycles. The molecule has 2 rings (SSSR count). The summed E-state index contributed by atoms with van der Waals surface area (Å²) in [5.41, 5.74) is 5.36. The lowest BCUT2D eigenvalue weighted by Gasteiger charge is -2.20. The molecule has 2 heterocycles. The largest absolute Gasteiger partial charge is 0.374 e. The van der Waals surface area contributed by atoms with E-state index < -0.39 is 10.0 Å².